The molecule has 0 aliphatic heterocycles. The van der Waals surface area contributed by atoms with Crippen LogP contribution in [0.1, 0.15) is 16.8 Å². The molecule has 0 N–H and O–H groups in total. The van der Waals surface area contributed by atoms with Crippen molar-refractivity contribution in [3.8, 4) is 0 Å². The SMILES string of the molecule is O=P(c1ccccc1)(c1ccccc1)C(/C=C/c1cccc2ccccc12)c1cccc2ccccc12. The van der Waals surface area contributed by atoms with Gasteiger partial charge in [-0.05, 0) is 32.7 Å². The van der Waals surface area contributed by atoms with E-state index in [1.54, 1.807) is 0 Å². The minimum atomic E-state index is -3.14. The third kappa shape index (κ3) is 4.33. The van der Waals surface area contributed by atoms with E-state index < -0.39 is 7.14 Å². The fourth-order valence-electron chi connectivity index (χ4n) is 5.29. The molecule has 6 aromatic rings. The van der Waals surface area contributed by atoms with E-state index in [1.807, 2.05) is 60.7 Å². The molecule has 0 aromatic heterocycles. The summed E-state index contributed by atoms with van der Waals surface area (Å²) in [5.74, 6) is 0. The first kappa shape index (κ1) is 23.2. The highest BCUT2D eigenvalue weighted by Crippen LogP contribution is 2.59. The lowest BCUT2D eigenvalue weighted by molar-refractivity contribution is 0.583. The summed E-state index contributed by atoms with van der Waals surface area (Å²) >= 11 is 0. The van der Waals surface area contributed by atoms with Gasteiger partial charge in [-0.1, -0.05) is 158 Å². The largest absolute Gasteiger partial charge is 0.313 e. The fourth-order valence-corrected chi connectivity index (χ4v) is 8.40. The van der Waals surface area contributed by atoms with Gasteiger partial charge in [-0.15, -0.1) is 0 Å². The van der Waals surface area contributed by atoms with E-state index >= 15 is 4.57 Å². The van der Waals surface area contributed by atoms with E-state index in [-0.39, 0.29) is 5.66 Å². The Morgan fingerprint density at radius 3 is 1.62 bits per heavy atom. The second-order valence-electron chi connectivity index (χ2n) is 9.27. The lowest BCUT2D eigenvalue weighted by atomic mass is 10.00. The summed E-state index contributed by atoms with van der Waals surface area (Å²) in [6.07, 6.45) is 4.33. The second kappa shape index (κ2) is 10.1. The van der Waals surface area contributed by atoms with Gasteiger partial charge in [0, 0.05) is 10.6 Å². The summed E-state index contributed by atoms with van der Waals surface area (Å²) in [6.45, 7) is 0. The van der Waals surface area contributed by atoms with E-state index in [1.165, 1.54) is 10.8 Å². The van der Waals surface area contributed by atoms with Crippen molar-refractivity contribution in [2.45, 2.75) is 5.66 Å². The number of hydrogen-bond donors (Lipinski definition) is 0. The van der Waals surface area contributed by atoms with Gasteiger partial charge in [0.2, 0.25) is 0 Å². The van der Waals surface area contributed by atoms with Gasteiger partial charge in [-0.25, -0.2) is 0 Å². The standard InChI is InChI=1S/C35H27OP/c36-37(30-18-3-1-4-19-30,31-20-5-2-6-21-31)35(34-24-12-17-28-14-8-10-23-33(28)34)26-25-29-16-11-15-27-13-7-9-22-32(27)29/h1-26,35H/b26-25+. The Morgan fingerprint density at radius 2 is 0.973 bits per heavy atom. The molecule has 0 saturated carbocycles. The molecule has 6 aromatic carbocycles. The van der Waals surface area contributed by atoms with Crippen molar-refractivity contribution in [3.05, 3.63) is 163 Å². The summed E-state index contributed by atoms with van der Waals surface area (Å²) in [5, 5.41) is 6.39. The molecule has 2 heteroatoms. The van der Waals surface area contributed by atoms with Gasteiger partial charge in [-0.3, -0.25) is 0 Å². The van der Waals surface area contributed by atoms with E-state index in [2.05, 4.69) is 97.1 Å². The monoisotopic (exact) mass is 494 g/mol. The third-order valence-electron chi connectivity index (χ3n) is 7.09. The molecule has 0 fully saturated rings. The Kier molecular flexibility index (Phi) is 6.31. The normalized spacial score (nSPS) is 12.8. The zero-order valence-corrected chi connectivity index (χ0v) is 21.3. The highest BCUT2D eigenvalue weighted by molar-refractivity contribution is 7.79. The lowest BCUT2D eigenvalue weighted by Gasteiger charge is -2.28. The van der Waals surface area contributed by atoms with Crippen molar-refractivity contribution in [2.75, 3.05) is 0 Å². The summed E-state index contributed by atoms with van der Waals surface area (Å²) in [7, 11) is -3.14. The first-order valence-corrected chi connectivity index (χ1v) is 14.4. The van der Waals surface area contributed by atoms with E-state index in [0.717, 1.165) is 32.5 Å². The summed E-state index contributed by atoms with van der Waals surface area (Å²) < 4.78 is 15.6. The molecule has 0 aliphatic rings. The molecule has 1 atom stereocenters. The second-order valence-corrected chi connectivity index (χ2v) is 12.2. The van der Waals surface area contributed by atoms with Crippen LogP contribution in [-0.4, -0.2) is 0 Å². The van der Waals surface area contributed by atoms with Crippen LogP contribution in [0, 0.1) is 0 Å². The van der Waals surface area contributed by atoms with Crippen LogP contribution in [0.25, 0.3) is 27.6 Å². The quantitative estimate of drug-likeness (QED) is 0.212. The Balaban J connectivity index is 1.63. The van der Waals surface area contributed by atoms with Crippen molar-refractivity contribution >= 4 is 45.4 Å². The zero-order valence-electron chi connectivity index (χ0n) is 20.4. The van der Waals surface area contributed by atoms with Gasteiger partial charge < -0.3 is 4.57 Å². The molecule has 0 aliphatic carbocycles. The smallest absolute Gasteiger partial charge is 0.154 e. The Hall–Kier alpha value is -4.19. The van der Waals surface area contributed by atoms with Crippen LogP contribution >= 0.6 is 7.14 Å². The van der Waals surface area contributed by atoms with Crippen LogP contribution in [0.2, 0.25) is 0 Å². The van der Waals surface area contributed by atoms with Gasteiger partial charge in [0.1, 0.15) is 0 Å². The summed E-state index contributed by atoms with van der Waals surface area (Å²) in [5.41, 5.74) is 1.85. The van der Waals surface area contributed by atoms with Crippen LogP contribution in [0.15, 0.2) is 152 Å². The van der Waals surface area contributed by atoms with Crippen LogP contribution in [0.5, 0.6) is 0 Å². The minimum absolute atomic E-state index is 0.345. The Labute approximate surface area is 218 Å². The van der Waals surface area contributed by atoms with Crippen molar-refractivity contribution < 1.29 is 4.57 Å². The number of hydrogen-bond acceptors (Lipinski definition) is 1. The first-order valence-electron chi connectivity index (χ1n) is 12.6. The molecule has 0 heterocycles. The number of rotatable bonds is 6. The molecule has 1 nitrogen and oxygen atoms in total. The molecule has 37 heavy (non-hydrogen) atoms. The van der Waals surface area contributed by atoms with Gasteiger partial charge >= 0.3 is 0 Å². The fraction of sp³-hybridized carbons (Fsp3) is 0.0286. The zero-order chi connectivity index (χ0) is 25.1. The van der Waals surface area contributed by atoms with Gasteiger partial charge in [0.25, 0.3) is 0 Å². The van der Waals surface area contributed by atoms with Crippen LogP contribution in [0.4, 0.5) is 0 Å². The lowest BCUT2D eigenvalue weighted by Crippen LogP contribution is -2.20. The maximum Gasteiger partial charge on any atom is 0.154 e. The minimum Gasteiger partial charge on any atom is -0.313 e. The molecule has 0 radical (unpaired) electrons. The molecule has 1 unspecified atom stereocenters. The summed E-state index contributed by atoms with van der Waals surface area (Å²) in [4.78, 5) is 0. The van der Waals surface area contributed by atoms with Gasteiger partial charge in [0.05, 0.1) is 5.66 Å². The van der Waals surface area contributed by atoms with Gasteiger partial charge in [-0.2, -0.15) is 0 Å². The Bertz CT molecular complexity index is 1700. The maximum atomic E-state index is 15.6. The van der Waals surface area contributed by atoms with Crippen LogP contribution in [0.3, 0.4) is 0 Å². The topological polar surface area (TPSA) is 17.1 Å². The summed E-state index contributed by atoms with van der Waals surface area (Å²) in [6, 6.07) is 49.5. The molecule has 0 bridgehead atoms. The number of fused-ring (bicyclic) bond motifs is 2. The van der Waals surface area contributed by atoms with Crippen molar-refractivity contribution in [1.29, 1.82) is 0 Å². The predicted octanol–water partition coefficient (Wildman–Crippen LogP) is 8.76. The number of allylic oxidation sites excluding steroid dienone is 1. The van der Waals surface area contributed by atoms with E-state index in [9.17, 15) is 0 Å². The highest BCUT2D eigenvalue weighted by atomic mass is 31.2. The van der Waals surface area contributed by atoms with Gasteiger partial charge in [0.15, 0.2) is 7.14 Å². The molecule has 178 valence electrons. The predicted molar refractivity (Wildman–Crippen MR) is 159 cm³/mol. The molecule has 0 spiro atoms. The van der Waals surface area contributed by atoms with Crippen LogP contribution in [-0.2, 0) is 4.57 Å². The molecule has 0 saturated heterocycles. The molecular weight excluding hydrogens is 467 g/mol. The molecular formula is C35H27OP. The third-order valence-corrected chi connectivity index (χ3v) is 10.5. The number of benzene rings is 6. The molecule has 6 rings (SSSR count). The Morgan fingerprint density at radius 1 is 0.486 bits per heavy atom. The average Bonchev–Trinajstić information content (AvgIpc) is 2.98. The van der Waals surface area contributed by atoms with E-state index in [4.69, 9.17) is 0 Å². The highest BCUT2D eigenvalue weighted by Gasteiger charge is 2.37. The first-order chi connectivity index (χ1) is 18.2. The van der Waals surface area contributed by atoms with Crippen molar-refractivity contribution in [1.82, 2.24) is 0 Å². The molecule has 0 amide bonds. The van der Waals surface area contributed by atoms with Crippen LogP contribution < -0.4 is 10.6 Å². The van der Waals surface area contributed by atoms with E-state index in [0.29, 0.717) is 0 Å². The van der Waals surface area contributed by atoms with Crippen molar-refractivity contribution in [2.24, 2.45) is 0 Å². The maximum absolute atomic E-state index is 15.6. The van der Waals surface area contributed by atoms with Crippen molar-refractivity contribution in [3.63, 3.8) is 0 Å². The average molecular weight is 495 g/mol.